The molecule has 47 nitrogen and oxygen atoms in total. The van der Waals surface area contributed by atoms with Crippen LogP contribution < -0.4 is 79.8 Å². The zero-order valence-corrected chi connectivity index (χ0v) is 80.8. The van der Waals surface area contributed by atoms with E-state index in [0.29, 0.717) is 23.3 Å². The van der Waals surface area contributed by atoms with Gasteiger partial charge in [-0.2, -0.15) is 11.8 Å². The molecular weight excluding hydrogens is 1850 g/mol. The molecule has 2 aromatic carbocycles. The first kappa shape index (κ1) is 112. The maximum absolute atomic E-state index is 15.1. The van der Waals surface area contributed by atoms with Crippen molar-refractivity contribution < 1.29 is 126 Å². The predicted molar refractivity (Wildman–Crippen MR) is 500 cm³/mol. The lowest BCUT2D eigenvalue weighted by molar-refractivity contribution is -0.144. The maximum atomic E-state index is 15.1. The second kappa shape index (κ2) is 54.2. The van der Waals surface area contributed by atoms with Crippen LogP contribution in [0.15, 0.2) is 67.1 Å². The number of nitrogens with zero attached hydrogens (tertiary/aromatic N) is 5. The summed E-state index contributed by atoms with van der Waals surface area (Å²) in [6, 6.07) is -9.02. The molecule has 5 aliphatic rings. The Kier molecular flexibility index (Phi) is 43.3. The summed E-state index contributed by atoms with van der Waals surface area (Å²) in [5, 5.41) is 89.3. The molecule has 6 heterocycles. The van der Waals surface area contributed by atoms with E-state index in [1.54, 1.807) is 78.1 Å². The van der Waals surface area contributed by atoms with Gasteiger partial charge in [-0.3, -0.25) is 101 Å². The molecule has 17 atom stereocenters. The van der Waals surface area contributed by atoms with E-state index in [2.05, 4.69) is 89.7 Å². The highest BCUT2D eigenvalue weighted by molar-refractivity contribution is 7.98. The molecule has 5 fully saturated rings. The minimum absolute atomic E-state index is 0.0142. The number of aliphatic hydroxyl groups excluding tert-OH is 2. The molecular formula is C92H133N21O26S. The molecule has 19 amide bonds. The number of carbonyl (C=O) groups is 21. The Hall–Kier alpha value is -13.4. The lowest BCUT2D eigenvalue weighted by atomic mass is 10.00. The molecule has 0 aliphatic carbocycles. The van der Waals surface area contributed by atoms with Gasteiger partial charge in [0.1, 0.15) is 103 Å². The molecule has 140 heavy (non-hydrogen) atoms. The number of imidazole rings is 1. The number of aromatic nitrogens is 2. The van der Waals surface area contributed by atoms with Crippen molar-refractivity contribution in [2.45, 2.75) is 274 Å². The summed E-state index contributed by atoms with van der Waals surface area (Å²) in [5.74, 6) is -21.6. The van der Waals surface area contributed by atoms with Gasteiger partial charge in [-0.25, -0.2) is 4.98 Å². The van der Waals surface area contributed by atoms with Crippen LogP contribution in [0, 0.1) is 17.8 Å². The molecule has 0 unspecified atom stereocenters. The number of benzene rings is 2. The highest BCUT2D eigenvalue weighted by Crippen LogP contribution is 2.27. The van der Waals surface area contributed by atoms with E-state index in [-0.39, 0.29) is 145 Å². The van der Waals surface area contributed by atoms with Crippen LogP contribution in [0.2, 0.25) is 0 Å². The van der Waals surface area contributed by atoms with E-state index >= 15 is 14.4 Å². The predicted octanol–water partition coefficient (Wildman–Crippen LogP) is -5.09. The fourth-order valence-corrected chi connectivity index (χ4v) is 17.7. The Morgan fingerprint density at radius 2 is 0.986 bits per heavy atom. The first-order chi connectivity index (χ1) is 66.4. The van der Waals surface area contributed by atoms with Gasteiger partial charge in [0.15, 0.2) is 0 Å². The Bertz CT molecular complexity index is 4890. The van der Waals surface area contributed by atoms with Crippen molar-refractivity contribution in [2.24, 2.45) is 17.8 Å². The maximum Gasteiger partial charge on any atom is 0.322 e. The Morgan fingerprint density at radius 3 is 1.54 bits per heavy atom. The van der Waals surface area contributed by atoms with Crippen LogP contribution in [-0.2, 0) is 120 Å². The summed E-state index contributed by atoms with van der Waals surface area (Å²) < 4.78 is 0. The number of aromatic amines is 1. The average Bonchev–Trinajstić information content (AvgIpc) is 1.71. The van der Waals surface area contributed by atoms with Crippen LogP contribution >= 0.6 is 11.8 Å². The lowest BCUT2D eigenvalue weighted by Crippen LogP contribution is -2.62. The largest absolute Gasteiger partial charge is 0.508 e. The first-order valence-corrected chi connectivity index (χ1v) is 48.5. The van der Waals surface area contributed by atoms with Crippen LogP contribution in [0.4, 0.5) is 0 Å². The summed E-state index contributed by atoms with van der Waals surface area (Å²) >= 11 is 1.36. The number of aliphatic hydroxyl groups is 2. The molecule has 1 aromatic heterocycles. The van der Waals surface area contributed by atoms with Gasteiger partial charge in [0, 0.05) is 58.1 Å². The number of aromatic hydroxyl groups is 1. The highest BCUT2D eigenvalue weighted by Gasteiger charge is 2.47. The Morgan fingerprint density at radius 1 is 0.471 bits per heavy atom. The number of carboxylic acid groups (broad SMARTS) is 2. The zero-order valence-electron chi connectivity index (χ0n) is 79.9. The zero-order chi connectivity index (χ0) is 103. The van der Waals surface area contributed by atoms with Crippen molar-refractivity contribution in [3.05, 3.63) is 83.9 Å². The Balaban J connectivity index is 0.997. The third-order valence-electron chi connectivity index (χ3n) is 24.3. The fourth-order valence-electron chi connectivity index (χ4n) is 17.2. The van der Waals surface area contributed by atoms with Crippen molar-refractivity contribution >= 4 is 136 Å². The number of aliphatic carboxylic acids is 2. The number of hydrogen-bond acceptors (Lipinski definition) is 26. The SMILES string of the molecule is CSCC[C@H](NC(=O)[C@H](Cc1ccc(O)cc1)NC(=O)[C@H](Cc1c[nH]cn1)NC(=O)CNC(=O)[C@@H]1CCCN1C(=O)[C@H](CC(C)C)NC(=O)[C@H](Cc1ccccc1)NC(=O)[C@H](CC(=O)O)NC(=O)[C@@H]1CCC(=O)NCC(=O)N[C@@H]([C@@H](C)O)C(=O)N[C@@H](CC(C)C)C(=O)N[C@@H]([C@@H](C)O)C(=O)N2CCC[C@H]2C(=O)NCC(=O)N[C@@H](CC(C)C)C(=O)N2CCC[C@H]2C(=O)N1)C(=O)N1CCC[C@H]1C(=O)NCC(=O)O. The number of nitrogens with one attached hydrogen (secondary N) is 16. The van der Waals surface area contributed by atoms with Crippen molar-refractivity contribution in [1.82, 2.24) is 109 Å². The van der Waals surface area contributed by atoms with Crippen LogP contribution in [0.3, 0.4) is 0 Å². The number of phenolic OH excluding ortho intramolecular Hbond substituents is 1. The summed E-state index contributed by atoms with van der Waals surface area (Å²) in [6.45, 7) is 9.52. The van der Waals surface area contributed by atoms with Crippen LogP contribution in [0.25, 0.3) is 0 Å². The number of carbonyl (C=O) groups excluding carboxylic acids is 19. The van der Waals surface area contributed by atoms with Crippen molar-refractivity contribution in [2.75, 3.05) is 64.4 Å². The van der Waals surface area contributed by atoms with Gasteiger partial charge in [0.25, 0.3) is 0 Å². The minimum atomic E-state index is -2.13. The fraction of sp³-hybridized carbons (Fsp3) is 0.609. The standard InChI is InChI=1S/C92H133N21O26S/c1-48(2)35-59-83(130)109-77(52(8)115)92(139)113-33-15-21-68(113)85(132)96-45-72(119)100-64(36-49(3)4)90(137)112-32-16-22-69(112)87(134)101-57(27-28-70(117)94-43-73(120)108-76(51(7)114)88(135)106-59)78(125)105-63(41-74(121)122)82(129)104-60(38-53-17-11-10-12-18-53)80(127)107-65(37-50(5)6)91(138)111-31-14-19-66(111)84(131)95-44-71(118)99-62(40-55-42-93-47-98-55)81(128)103-61(39-54-23-25-56(116)26-24-54)79(126)102-58(29-34-140-9)89(136)110-30-13-20-67(110)86(133)97-46-75(123)124/h10-12,17-18,23-26,42,47-52,57-69,76-77,114-116H,13-16,19-22,27-41,43-46H2,1-9H3,(H,93,98)(H,94,117)(H,95,131)(H,96,132)(H,97,133)(H,99,118)(H,100,119)(H,101,134)(H,102,126)(H,103,128)(H,104,129)(H,105,125)(H,106,135)(H,107,127)(H,108,120)(H,109,130)(H,121,122)(H,123,124)/t51-,52-,57+,58+,59+,60+,61+,62+,63+,64+,65+,66+,67+,68+,69+,76+,77+/m1/s1. The lowest BCUT2D eigenvalue weighted by Gasteiger charge is -2.32. The van der Waals surface area contributed by atoms with E-state index in [4.69, 9.17) is 0 Å². The molecule has 0 saturated carbocycles. The molecule has 5 saturated heterocycles. The second-order valence-electron chi connectivity index (χ2n) is 36.9. The summed E-state index contributed by atoms with van der Waals surface area (Å²) in [5.41, 5.74) is 1.10. The second-order valence-corrected chi connectivity index (χ2v) is 37.9. The highest BCUT2D eigenvalue weighted by atomic mass is 32.2. The molecule has 0 bridgehead atoms. The van der Waals surface area contributed by atoms with E-state index in [1.807, 2.05) is 0 Å². The molecule has 8 rings (SSSR count). The van der Waals surface area contributed by atoms with E-state index in [1.165, 1.54) is 65.3 Å². The first-order valence-electron chi connectivity index (χ1n) is 47.1. The van der Waals surface area contributed by atoms with Crippen molar-refractivity contribution in [3.8, 4) is 5.75 Å². The number of phenols is 1. The van der Waals surface area contributed by atoms with Crippen LogP contribution in [-0.4, -0.2) is 346 Å². The summed E-state index contributed by atoms with van der Waals surface area (Å²) in [7, 11) is 0. The van der Waals surface area contributed by atoms with Gasteiger partial charge in [-0.1, -0.05) is 84.0 Å². The molecule has 0 spiro atoms. The number of carboxylic acids is 2. The number of likely N-dealkylation sites (tertiary alicyclic amines) is 2. The third kappa shape index (κ3) is 34.0. The molecule has 768 valence electrons. The van der Waals surface area contributed by atoms with Gasteiger partial charge in [0.05, 0.1) is 50.3 Å². The minimum Gasteiger partial charge on any atom is -0.508 e. The third-order valence-corrected chi connectivity index (χ3v) is 24.9. The monoisotopic (exact) mass is 1980 g/mol. The van der Waals surface area contributed by atoms with E-state index in [9.17, 15) is 112 Å². The number of amides is 19. The number of fused-ring (bicyclic) bond motifs is 2. The topological polar surface area (TPSA) is 682 Å². The normalized spacial score (nSPS) is 22.4. The quantitative estimate of drug-likeness (QED) is 0.0255. The number of H-pyrrole nitrogens is 1. The smallest absolute Gasteiger partial charge is 0.322 e. The number of thioether (sulfide) groups is 1. The van der Waals surface area contributed by atoms with Gasteiger partial charge in [-0.05, 0) is 150 Å². The number of hydrogen-bond donors (Lipinski definition) is 21. The van der Waals surface area contributed by atoms with Gasteiger partial charge >= 0.3 is 11.9 Å². The summed E-state index contributed by atoms with van der Waals surface area (Å²) in [4.78, 5) is 309. The number of rotatable bonds is 38. The molecule has 21 N–H and O–H groups in total. The molecule has 3 aromatic rings. The van der Waals surface area contributed by atoms with E-state index < -0.39 is 272 Å². The van der Waals surface area contributed by atoms with Gasteiger partial charge in [0.2, 0.25) is 112 Å². The van der Waals surface area contributed by atoms with Crippen molar-refractivity contribution in [3.63, 3.8) is 0 Å². The van der Waals surface area contributed by atoms with Crippen LogP contribution in [0.5, 0.6) is 5.75 Å². The van der Waals surface area contributed by atoms with Crippen molar-refractivity contribution in [1.29, 1.82) is 0 Å². The molecule has 0 radical (unpaired) electrons. The Labute approximate surface area is 813 Å². The average molecular weight is 1980 g/mol. The van der Waals surface area contributed by atoms with Gasteiger partial charge < -0.3 is 130 Å². The molecule has 5 aliphatic heterocycles. The van der Waals surface area contributed by atoms with Gasteiger partial charge in [-0.15, -0.1) is 0 Å². The van der Waals surface area contributed by atoms with E-state index in [0.717, 1.165) is 16.7 Å². The van der Waals surface area contributed by atoms with Crippen LogP contribution in [0.1, 0.15) is 169 Å². The molecule has 48 heteroatoms. The summed E-state index contributed by atoms with van der Waals surface area (Å²) in [6.07, 6.45) is -0.994.